The van der Waals surface area contributed by atoms with Crippen LogP contribution in [0.5, 0.6) is 0 Å². The molecule has 2 nitrogen and oxygen atoms in total. The van der Waals surface area contributed by atoms with Crippen LogP contribution in [0.25, 0.3) is 0 Å². The first-order valence-electron chi connectivity index (χ1n) is 3.49. The Morgan fingerprint density at radius 2 is 2.31 bits per heavy atom. The van der Waals surface area contributed by atoms with Gasteiger partial charge in [0, 0.05) is 13.7 Å². The van der Waals surface area contributed by atoms with Gasteiger partial charge in [-0.2, -0.15) is 12.6 Å². The third-order valence-electron chi connectivity index (χ3n) is 1.35. The van der Waals surface area contributed by atoms with Gasteiger partial charge in [-0.15, -0.1) is 0 Å². The number of hydrogen-bond donors (Lipinski definition) is 2. The molecule has 0 fully saturated rings. The summed E-state index contributed by atoms with van der Waals surface area (Å²) < 4.78 is 2.09. The maximum absolute atomic E-state index is 11.0. The van der Waals surface area contributed by atoms with E-state index in [1.165, 1.54) is 0 Å². The highest BCUT2D eigenvalue weighted by Gasteiger charge is 2.01. The van der Waals surface area contributed by atoms with Gasteiger partial charge in [-0.25, -0.2) is 0 Å². The Balaban J connectivity index is 2.79. The lowest BCUT2D eigenvalue weighted by atomic mass is 10.3. The Labute approximate surface area is 104 Å². The Kier molecular flexibility index (Phi) is 4.54. The van der Waals surface area contributed by atoms with E-state index >= 15 is 0 Å². The molecule has 0 aromatic heterocycles. The van der Waals surface area contributed by atoms with Crippen molar-refractivity contribution in [2.75, 3.05) is 11.1 Å². The lowest BCUT2D eigenvalue weighted by Crippen LogP contribution is -2.12. The van der Waals surface area contributed by atoms with E-state index < -0.39 is 0 Å². The molecule has 0 atom stereocenters. The van der Waals surface area contributed by atoms with Crippen LogP contribution in [0.2, 0.25) is 0 Å². The molecule has 0 unspecified atom stereocenters. The monoisotopic (exact) mass is 371 g/mol. The van der Waals surface area contributed by atoms with E-state index in [0.29, 0.717) is 0 Å². The van der Waals surface area contributed by atoms with Crippen LogP contribution in [-0.2, 0) is 4.79 Å². The number of hydrogen-bond acceptors (Lipinski definition) is 2. The molecular weight excluding hydrogens is 365 g/mol. The second-order valence-electron chi connectivity index (χ2n) is 2.34. The van der Waals surface area contributed by atoms with Crippen LogP contribution in [0.1, 0.15) is 0 Å². The van der Waals surface area contributed by atoms with Crippen molar-refractivity contribution in [2.24, 2.45) is 0 Å². The largest absolute Gasteiger partial charge is 0.325 e. The van der Waals surface area contributed by atoms with Crippen LogP contribution in [0.15, 0.2) is 22.7 Å². The van der Waals surface area contributed by atoms with Gasteiger partial charge in [0.1, 0.15) is 0 Å². The first kappa shape index (κ1) is 11.3. The molecular formula is C8H7BrINOS. The fraction of sp³-hybridized carbons (Fsp3) is 0.125. The zero-order valence-electron chi connectivity index (χ0n) is 6.55. The van der Waals surface area contributed by atoms with E-state index in [2.05, 4.69) is 56.5 Å². The molecule has 1 aromatic carbocycles. The fourth-order valence-electron chi connectivity index (χ4n) is 0.774. The van der Waals surface area contributed by atoms with Crippen molar-refractivity contribution in [1.82, 2.24) is 0 Å². The lowest BCUT2D eigenvalue weighted by molar-refractivity contribution is -0.113. The summed E-state index contributed by atoms with van der Waals surface area (Å²) >= 11 is 9.46. The quantitative estimate of drug-likeness (QED) is 0.607. The third kappa shape index (κ3) is 3.47. The van der Waals surface area contributed by atoms with E-state index in [1.54, 1.807) is 0 Å². The van der Waals surface area contributed by atoms with Crippen LogP contribution in [0.4, 0.5) is 5.69 Å². The Bertz CT molecular complexity index is 332. The molecule has 1 rings (SSSR count). The van der Waals surface area contributed by atoms with E-state index in [1.807, 2.05) is 18.2 Å². The van der Waals surface area contributed by atoms with Crippen molar-refractivity contribution >= 4 is 62.7 Å². The number of rotatable bonds is 2. The summed E-state index contributed by atoms with van der Waals surface area (Å²) in [7, 11) is 0. The molecule has 0 aliphatic heterocycles. The van der Waals surface area contributed by atoms with Gasteiger partial charge in [-0.1, -0.05) is 0 Å². The molecule has 70 valence electrons. The number of amides is 1. The second-order valence-corrected chi connectivity index (χ2v) is 4.67. The van der Waals surface area contributed by atoms with Crippen molar-refractivity contribution in [2.45, 2.75) is 0 Å². The number of carbonyl (C=O) groups is 1. The van der Waals surface area contributed by atoms with Gasteiger partial charge < -0.3 is 5.32 Å². The Morgan fingerprint density at radius 3 is 2.85 bits per heavy atom. The molecule has 13 heavy (non-hydrogen) atoms. The molecule has 0 saturated carbocycles. The maximum Gasteiger partial charge on any atom is 0.234 e. The van der Waals surface area contributed by atoms with Crippen molar-refractivity contribution in [1.29, 1.82) is 0 Å². The van der Waals surface area contributed by atoms with Crippen LogP contribution >= 0.6 is 51.1 Å². The normalized spacial score (nSPS) is 9.77. The second kappa shape index (κ2) is 5.21. The highest BCUT2D eigenvalue weighted by atomic mass is 127. The molecule has 1 N–H and O–H groups in total. The van der Waals surface area contributed by atoms with Gasteiger partial charge in [0.15, 0.2) is 0 Å². The molecule has 0 heterocycles. The van der Waals surface area contributed by atoms with E-state index in [9.17, 15) is 4.79 Å². The molecule has 0 aliphatic rings. The number of thiol groups is 1. The van der Waals surface area contributed by atoms with Crippen LogP contribution in [0, 0.1) is 3.57 Å². The summed E-state index contributed by atoms with van der Waals surface area (Å²) in [6, 6.07) is 5.65. The Hall–Kier alpha value is 0.250. The summed E-state index contributed by atoms with van der Waals surface area (Å²) in [5.41, 5.74) is 0.784. The fourth-order valence-corrected chi connectivity index (χ4v) is 1.57. The number of anilines is 1. The molecule has 1 aromatic rings. The SMILES string of the molecule is O=C(CS)Nc1ccc(I)c(Br)c1. The average molecular weight is 372 g/mol. The van der Waals surface area contributed by atoms with Gasteiger partial charge in [-0.3, -0.25) is 4.79 Å². The Morgan fingerprint density at radius 1 is 1.62 bits per heavy atom. The molecule has 0 radical (unpaired) electrons. The maximum atomic E-state index is 11.0. The summed E-state index contributed by atoms with van der Waals surface area (Å²) in [5.74, 6) is 0.0975. The average Bonchev–Trinajstić information content (AvgIpc) is 2.11. The van der Waals surface area contributed by atoms with Gasteiger partial charge in [-0.05, 0) is 56.7 Å². The van der Waals surface area contributed by atoms with Crippen molar-refractivity contribution < 1.29 is 4.79 Å². The number of benzene rings is 1. The summed E-state index contributed by atoms with van der Waals surface area (Å²) in [6.45, 7) is 0. The molecule has 0 saturated heterocycles. The predicted octanol–water partition coefficient (Wildman–Crippen LogP) is 2.92. The topological polar surface area (TPSA) is 29.1 Å². The van der Waals surface area contributed by atoms with Crippen molar-refractivity contribution in [3.8, 4) is 0 Å². The summed E-state index contributed by atoms with van der Waals surface area (Å²) in [6.07, 6.45) is 0. The minimum Gasteiger partial charge on any atom is -0.325 e. The van der Waals surface area contributed by atoms with Crippen molar-refractivity contribution in [3.63, 3.8) is 0 Å². The van der Waals surface area contributed by atoms with E-state index in [-0.39, 0.29) is 11.7 Å². The molecule has 0 bridgehead atoms. The van der Waals surface area contributed by atoms with Crippen LogP contribution in [0.3, 0.4) is 0 Å². The van der Waals surface area contributed by atoms with Gasteiger partial charge in [0.25, 0.3) is 0 Å². The first-order chi connectivity index (χ1) is 6.13. The number of nitrogens with one attached hydrogen (secondary N) is 1. The minimum atomic E-state index is -0.101. The zero-order chi connectivity index (χ0) is 9.84. The molecule has 0 spiro atoms. The van der Waals surface area contributed by atoms with E-state index in [0.717, 1.165) is 13.7 Å². The smallest absolute Gasteiger partial charge is 0.234 e. The molecule has 1 amide bonds. The number of halogens is 2. The van der Waals surface area contributed by atoms with Crippen molar-refractivity contribution in [3.05, 3.63) is 26.2 Å². The van der Waals surface area contributed by atoms with E-state index in [4.69, 9.17) is 0 Å². The lowest BCUT2D eigenvalue weighted by Gasteiger charge is -2.04. The highest BCUT2D eigenvalue weighted by molar-refractivity contribution is 14.1. The summed E-state index contributed by atoms with van der Waals surface area (Å²) in [4.78, 5) is 11.0. The van der Waals surface area contributed by atoms with Gasteiger partial charge in [0.2, 0.25) is 5.91 Å². The molecule has 5 heteroatoms. The summed E-state index contributed by atoms with van der Waals surface area (Å²) in [5, 5.41) is 2.71. The number of carbonyl (C=O) groups excluding carboxylic acids is 1. The standard InChI is InChI=1S/C8H7BrINOS/c9-6-3-5(1-2-7(6)10)11-8(12)4-13/h1-3,13H,4H2,(H,11,12). The minimum absolute atomic E-state index is 0.101. The van der Waals surface area contributed by atoms with Gasteiger partial charge >= 0.3 is 0 Å². The van der Waals surface area contributed by atoms with Gasteiger partial charge in [0.05, 0.1) is 5.75 Å². The highest BCUT2D eigenvalue weighted by Crippen LogP contribution is 2.22. The molecule has 0 aliphatic carbocycles. The first-order valence-corrected chi connectivity index (χ1v) is 5.99. The zero-order valence-corrected chi connectivity index (χ0v) is 11.2. The predicted molar refractivity (Wildman–Crippen MR) is 69.3 cm³/mol. The van der Waals surface area contributed by atoms with Crippen LogP contribution < -0.4 is 5.32 Å². The van der Waals surface area contributed by atoms with Crippen LogP contribution in [-0.4, -0.2) is 11.7 Å². The third-order valence-corrected chi connectivity index (χ3v) is 3.97.